The lowest BCUT2D eigenvalue weighted by molar-refractivity contribution is -0.137. The molecule has 0 atom stereocenters. The van der Waals surface area contributed by atoms with Gasteiger partial charge in [-0.3, -0.25) is 9.10 Å². The summed E-state index contributed by atoms with van der Waals surface area (Å²) in [7, 11) is -2.60. The van der Waals surface area contributed by atoms with Crippen LogP contribution in [0.1, 0.15) is 12.0 Å². The molecule has 6 nitrogen and oxygen atoms in total. The molecule has 0 aliphatic rings. The van der Waals surface area contributed by atoms with Gasteiger partial charge < -0.3 is 10.1 Å². The first-order valence-electron chi connectivity index (χ1n) is 6.97. The second-order valence-electron chi connectivity index (χ2n) is 4.98. The van der Waals surface area contributed by atoms with E-state index in [9.17, 15) is 26.4 Å². The molecule has 1 aromatic rings. The molecule has 0 saturated heterocycles. The van der Waals surface area contributed by atoms with Gasteiger partial charge in [-0.05, 0) is 18.6 Å². The number of alkyl halides is 3. The minimum Gasteiger partial charge on any atom is -0.385 e. The zero-order valence-corrected chi connectivity index (χ0v) is 14.1. The quantitative estimate of drug-likeness (QED) is 0.708. The average Bonchev–Trinajstić information content (AvgIpc) is 2.47. The second kappa shape index (κ2) is 8.34. The Morgan fingerprint density at radius 3 is 2.46 bits per heavy atom. The Bertz CT molecular complexity index is 662. The molecular weight excluding hydrogens is 349 g/mol. The van der Waals surface area contributed by atoms with Gasteiger partial charge in [0, 0.05) is 20.3 Å². The number of benzene rings is 1. The number of hydrogen-bond donors (Lipinski definition) is 1. The van der Waals surface area contributed by atoms with Crippen molar-refractivity contribution in [2.75, 3.05) is 37.4 Å². The zero-order valence-electron chi connectivity index (χ0n) is 13.3. The fraction of sp³-hybridized carbons (Fsp3) is 0.500. The molecule has 0 saturated carbocycles. The smallest absolute Gasteiger partial charge is 0.385 e. The van der Waals surface area contributed by atoms with Crippen LogP contribution in [0.25, 0.3) is 0 Å². The average molecular weight is 368 g/mol. The third-order valence-corrected chi connectivity index (χ3v) is 4.14. The van der Waals surface area contributed by atoms with Crippen molar-refractivity contribution in [1.29, 1.82) is 0 Å². The van der Waals surface area contributed by atoms with Gasteiger partial charge in [-0.2, -0.15) is 13.2 Å². The Kier molecular flexibility index (Phi) is 7.03. The third-order valence-electron chi connectivity index (χ3n) is 3.01. The fourth-order valence-electron chi connectivity index (χ4n) is 1.94. The summed E-state index contributed by atoms with van der Waals surface area (Å²) in [5, 5.41) is 2.44. The molecule has 0 fully saturated rings. The van der Waals surface area contributed by atoms with E-state index in [4.69, 9.17) is 4.74 Å². The number of carbonyl (C=O) groups excluding carboxylic acids is 1. The summed E-state index contributed by atoms with van der Waals surface area (Å²) in [4.78, 5) is 11.9. The molecule has 0 bridgehead atoms. The lowest BCUT2D eigenvalue weighted by Gasteiger charge is -2.25. The van der Waals surface area contributed by atoms with Crippen LogP contribution in [0.4, 0.5) is 18.9 Å². The minimum absolute atomic E-state index is 0.227. The van der Waals surface area contributed by atoms with E-state index in [-0.39, 0.29) is 6.54 Å². The standard InChI is InChI=1S/C14H19F3N2O4S/c1-23-9-5-8-18-13(20)10-19(24(2,21)22)12-7-4-3-6-11(12)14(15,16)17/h3-4,6-7H,5,8-10H2,1-2H3,(H,18,20). The van der Waals surface area contributed by atoms with Crippen LogP contribution in [0.3, 0.4) is 0 Å². The van der Waals surface area contributed by atoms with E-state index in [1.165, 1.54) is 13.2 Å². The van der Waals surface area contributed by atoms with Crippen molar-refractivity contribution < 1.29 is 31.1 Å². The molecule has 0 aliphatic heterocycles. The van der Waals surface area contributed by atoms with Crippen molar-refractivity contribution in [3.05, 3.63) is 29.8 Å². The summed E-state index contributed by atoms with van der Waals surface area (Å²) in [6, 6.07) is 4.21. The molecule has 1 rings (SSSR count). The number of hydrogen-bond acceptors (Lipinski definition) is 4. The first-order chi connectivity index (χ1) is 11.1. The van der Waals surface area contributed by atoms with E-state index in [1.807, 2.05) is 0 Å². The Morgan fingerprint density at radius 2 is 1.92 bits per heavy atom. The van der Waals surface area contributed by atoms with Gasteiger partial charge in [0.15, 0.2) is 0 Å². The SMILES string of the molecule is COCCCNC(=O)CN(c1ccccc1C(F)(F)F)S(C)(=O)=O. The summed E-state index contributed by atoms with van der Waals surface area (Å²) in [5.41, 5.74) is -1.71. The van der Waals surface area contributed by atoms with Gasteiger partial charge in [-0.1, -0.05) is 12.1 Å². The van der Waals surface area contributed by atoms with Crippen molar-refractivity contribution >= 4 is 21.6 Å². The van der Waals surface area contributed by atoms with Crippen LogP contribution in [-0.4, -0.2) is 47.4 Å². The summed E-state index contributed by atoms with van der Waals surface area (Å²) in [6.07, 6.45) is -3.49. The van der Waals surface area contributed by atoms with Crippen LogP contribution in [0, 0.1) is 0 Å². The highest BCUT2D eigenvalue weighted by Gasteiger charge is 2.36. The summed E-state index contributed by atoms with van der Waals surface area (Å²) in [6.45, 7) is -0.114. The Morgan fingerprint density at radius 1 is 1.29 bits per heavy atom. The first kappa shape index (κ1) is 20.2. The van der Waals surface area contributed by atoms with Gasteiger partial charge in [-0.25, -0.2) is 8.42 Å². The number of rotatable bonds is 8. The highest BCUT2D eigenvalue weighted by Crippen LogP contribution is 2.37. The maximum atomic E-state index is 13.1. The summed E-state index contributed by atoms with van der Waals surface area (Å²) >= 11 is 0. The number of amides is 1. The Labute approximate surface area is 138 Å². The van der Waals surface area contributed by atoms with Crippen molar-refractivity contribution in [2.45, 2.75) is 12.6 Å². The summed E-state index contributed by atoms with van der Waals surface area (Å²) in [5.74, 6) is -0.700. The minimum atomic E-state index is -4.74. The van der Waals surface area contributed by atoms with Gasteiger partial charge in [0.2, 0.25) is 15.9 Å². The van der Waals surface area contributed by atoms with Crippen molar-refractivity contribution in [3.8, 4) is 0 Å². The summed E-state index contributed by atoms with van der Waals surface area (Å²) < 4.78 is 68.3. The number of ether oxygens (including phenoxy) is 1. The number of halogens is 3. The van der Waals surface area contributed by atoms with Gasteiger partial charge in [-0.15, -0.1) is 0 Å². The van der Waals surface area contributed by atoms with Gasteiger partial charge in [0.05, 0.1) is 17.5 Å². The predicted molar refractivity (Wildman–Crippen MR) is 83.1 cm³/mol. The van der Waals surface area contributed by atoms with E-state index < -0.39 is 39.9 Å². The number of methoxy groups -OCH3 is 1. The van der Waals surface area contributed by atoms with Crippen LogP contribution >= 0.6 is 0 Å². The molecule has 136 valence electrons. The number of carbonyl (C=O) groups is 1. The van der Waals surface area contributed by atoms with Crippen molar-refractivity contribution in [2.24, 2.45) is 0 Å². The van der Waals surface area contributed by atoms with E-state index >= 15 is 0 Å². The number of anilines is 1. The van der Waals surface area contributed by atoms with E-state index in [1.54, 1.807) is 0 Å². The predicted octanol–water partition coefficient (Wildman–Crippen LogP) is 1.62. The zero-order chi connectivity index (χ0) is 18.4. The molecule has 0 radical (unpaired) electrons. The second-order valence-corrected chi connectivity index (χ2v) is 6.89. The largest absolute Gasteiger partial charge is 0.418 e. The number of nitrogens with one attached hydrogen (secondary N) is 1. The molecule has 1 amide bonds. The molecule has 24 heavy (non-hydrogen) atoms. The third kappa shape index (κ3) is 6.00. The molecule has 1 N–H and O–H groups in total. The molecular formula is C14H19F3N2O4S. The number of sulfonamides is 1. The van der Waals surface area contributed by atoms with E-state index in [2.05, 4.69) is 5.32 Å². The lowest BCUT2D eigenvalue weighted by Crippen LogP contribution is -2.41. The lowest BCUT2D eigenvalue weighted by atomic mass is 10.1. The molecule has 0 spiro atoms. The maximum absolute atomic E-state index is 13.1. The van der Waals surface area contributed by atoms with E-state index in [0.29, 0.717) is 17.3 Å². The maximum Gasteiger partial charge on any atom is 0.418 e. The first-order valence-corrected chi connectivity index (χ1v) is 8.81. The topological polar surface area (TPSA) is 75.7 Å². The van der Waals surface area contributed by atoms with Gasteiger partial charge in [0.25, 0.3) is 0 Å². The molecule has 1 aromatic carbocycles. The van der Waals surface area contributed by atoms with Crippen molar-refractivity contribution in [3.63, 3.8) is 0 Å². The number of nitrogens with zero attached hydrogens (tertiary/aromatic N) is 1. The van der Waals surface area contributed by atoms with Crippen LogP contribution in [0.5, 0.6) is 0 Å². The highest BCUT2D eigenvalue weighted by atomic mass is 32.2. The van der Waals surface area contributed by atoms with Crippen LogP contribution < -0.4 is 9.62 Å². The molecule has 0 unspecified atom stereocenters. The molecule has 10 heteroatoms. The monoisotopic (exact) mass is 368 g/mol. The van der Waals surface area contributed by atoms with Crippen LogP contribution in [-0.2, 0) is 25.7 Å². The highest BCUT2D eigenvalue weighted by molar-refractivity contribution is 7.92. The van der Waals surface area contributed by atoms with E-state index in [0.717, 1.165) is 24.5 Å². The molecule has 0 aromatic heterocycles. The molecule has 0 aliphatic carbocycles. The Hall–Kier alpha value is -1.81. The normalized spacial score (nSPS) is 12.0. The van der Waals surface area contributed by atoms with Crippen molar-refractivity contribution in [1.82, 2.24) is 5.32 Å². The van der Waals surface area contributed by atoms with Gasteiger partial charge in [0.1, 0.15) is 6.54 Å². The number of para-hydroxylation sites is 1. The molecule has 0 heterocycles. The van der Waals surface area contributed by atoms with Crippen LogP contribution in [0.15, 0.2) is 24.3 Å². The fourth-order valence-corrected chi connectivity index (χ4v) is 2.81. The Balaban J connectivity index is 3.03. The van der Waals surface area contributed by atoms with Crippen LogP contribution in [0.2, 0.25) is 0 Å². The van der Waals surface area contributed by atoms with Gasteiger partial charge >= 0.3 is 6.18 Å².